The molecule has 2 rings (SSSR count). The van der Waals surface area contributed by atoms with Crippen molar-refractivity contribution in [3.8, 4) is 5.88 Å². The maximum atomic E-state index is 6.28. The first-order valence-electron chi connectivity index (χ1n) is 7.59. The van der Waals surface area contributed by atoms with Crippen LogP contribution in [0.15, 0.2) is 12.3 Å². The first-order valence-corrected chi connectivity index (χ1v) is 7.97. The molecule has 3 nitrogen and oxygen atoms in total. The molecule has 0 aliphatic heterocycles. The normalized spacial score (nSPS) is 23.1. The Labute approximate surface area is 127 Å². The Bertz CT molecular complexity index is 428. The fraction of sp³-hybridized carbons (Fsp3) is 0.688. The molecule has 0 radical (unpaired) electrons. The molecule has 0 atom stereocenters. The summed E-state index contributed by atoms with van der Waals surface area (Å²) in [5.41, 5.74) is 1.09. The highest BCUT2D eigenvalue weighted by molar-refractivity contribution is 6.31. The molecule has 1 aromatic rings. The summed E-state index contributed by atoms with van der Waals surface area (Å²) in [5.74, 6) is 1.40. The van der Waals surface area contributed by atoms with Crippen molar-refractivity contribution in [1.82, 2.24) is 10.3 Å². The highest BCUT2D eigenvalue weighted by atomic mass is 35.5. The zero-order valence-electron chi connectivity index (χ0n) is 12.7. The van der Waals surface area contributed by atoms with Gasteiger partial charge in [-0.3, -0.25) is 0 Å². The lowest BCUT2D eigenvalue weighted by molar-refractivity contribution is 0.130. The third-order valence-electron chi connectivity index (χ3n) is 3.82. The van der Waals surface area contributed by atoms with E-state index in [0.717, 1.165) is 30.9 Å². The molecule has 1 fully saturated rings. The van der Waals surface area contributed by atoms with E-state index < -0.39 is 0 Å². The Morgan fingerprint density at radius 3 is 2.65 bits per heavy atom. The summed E-state index contributed by atoms with van der Waals surface area (Å²) in [5, 5.41) is 3.97. The molecular weight excluding hydrogens is 272 g/mol. The molecule has 0 aromatic carbocycles. The second-order valence-electron chi connectivity index (χ2n) is 6.17. The molecule has 0 amide bonds. The summed E-state index contributed by atoms with van der Waals surface area (Å²) >= 11 is 6.28. The van der Waals surface area contributed by atoms with E-state index in [4.69, 9.17) is 16.3 Å². The van der Waals surface area contributed by atoms with Crippen molar-refractivity contribution in [1.29, 1.82) is 0 Å². The number of hydrogen-bond donors (Lipinski definition) is 1. The number of aromatic nitrogens is 1. The molecule has 1 aliphatic rings. The van der Waals surface area contributed by atoms with Crippen LogP contribution in [0.5, 0.6) is 5.88 Å². The quantitative estimate of drug-likeness (QED) is 0.884. The Morgan fingerprint density at radius 1 is 1.35 bits per heavy atom. The Morgan fingerprint density at radius 2 is 2.05 bits per heavy atom. The zero-order valence-corrected chi connectivity index (χ0v) is 13.4. The van der Waals surface area contributed by atoms with Crippen LogP contribution in [0.1, 0.15) is 52.0 Å². The smallest absolute Gasteiger partial charge is 0.232 e. The van der Waals surface area contributed by atoms with Crippen LogP contribution < -0.4 is 10.1 Å². The lowest BCUT2D eigenvalue weighted by Crippen LogP contribution is -2.24. The fourth-order valence-corrected chi connectivity index (χ4v) is 2.71. The molecule has 0 bridgehead atoms. The number of hydrogen-bond acceptors (Lipinski definition) is 3. The van der Waals surface area contributed by atoms with Gasteiger partial charge in [0.05, 0.1) is 0 Å². The summed E-state index contributed by atoms with van der Waals surface area (Å²) in [6, 6.07) is 2.40. The number of nitrogens with zero attached hydrogens (tertiary/aromatic N) is 1. The number of nitrogens with one attached hydrogen (secondary N) is 1. The summed E-state index contributed by atoms with van der Waals surface area (Å²) < 4.78 is 5.95. The van der Waals surface area contributed by atoms with Crippen molar-refractivity contribution in [2.75, 3.05) is 0 Å². The van der Waals surface area contributed by atoms with Gasteiger partial charge in [-0.15, -0.1) is 0 Å². The highest BCUT2D eigenvalue weighted by Crippen LogP contribution is 2.29. The lowest BCUT2D eigenvalue weighted by atomic mass is 9.89. The first kappa shape index (κ1) is 15.6. The van der Waals surface area contributed by atoms with E-state index >= 15 is 0 Å². The Balaban J connectivity index is 1.92. The molecule has 1 heterocycles. The van der Waals surface area contributed by atoms with Crippen LogP contribution >= 0.6 is 11.6 Å². The summed E-state index contributed by atoms with van der Waals surface area (Å²) in [6.45, 7) is 7.33. The van der Waals surface area contributed by atoms with Crippen molar-refractivity contribution in [2.24, 2.45) is 5.92 Å². The largest absolute Gasteiger partial charge is 0.473 e. The van der Waals surface area contributed by atoms with Gasteiger partial charge in [0.2, 0.25) is 5.88 Å². The lowest BCUT2D eigenvalue weighted by Gasteiger charge is -2.26. The SMILES string of the molecule is CC1CCC(Oc2ncc(CNC(C)C)cc2Cl)CC1. The van der Waals surface area contributed by atoms with E-state index in [1.807, 2.05) is 12.3 Å². The average Bonchev–Trinajstić information content (AvgIpc) is 2.41. The van der Waals surface area contributed by atoms with Gasteiger partial charge in [-0.05, 0) is 43.2 Å². The standard InChI is InChI=1S/C16H25ClN2O/c1-11(2)18-9-13-8-15(17)16(19-10-13)20-14-6-4-12(3)5-7-14/h8,10-12,14,18H,4-7,9H2,1-3H3. The Kier molecular flexibility index (Phi) is 5.67. The molecule has 112 valence electrons. The van der Waals surface area contributed by atoms with Gasteiger partial charge in [-0.25, -0.2) is 4.98 Å². The van der Waals surface area contributed by atoms with Crippen LogP contribution in [0.3, 0.4) is 0 Å². The molecule has 0 unspecified atom stereocenters. The summed E-state index contributed by atoms with van der Waals surface area (Å²) in [4.78, 5) is 4.38. The molecule has 1 aliphatic carbocycles. The van der Waals surface area contributed by atoms with E-state index in [1.54, 1.807) is 0 Å². The van der Waals surface area contributed by atoms with Gasteiger partial charge in [0.1, 0.15) is 11.1 Å². The molecule has 1 N–H and O–H groups in total. The third kappa shape index (κ3) is 4.64. The average molecular weight is 297 g/mol. The van der Waals surface area contributed by atoms with Crippen molar-refractivity contribution < 1.29 is 4.74 Å². The number of ether oxygens (including phenoxy) is 1. The van der Waals surface area contributed by atoms with Gasteiger partial charge < -0.3 is 10.1 Å². The minimum Gasteiger partial charge on any atom is -0.473 e. The summed E-state index contributed by atoms with van der Waals surface area (Å²) in [7, 11) is 0. The van der Waals surface area contributed by atoms with Crippen LogP contribution in [0.4, 0.5) is 0 Å². The molecule has 4 heteroatoms. The monoisotopic (exact) mass is 296 g/mol. The Hall–Kier alpha value is -0.800. The van der Waals surface area contributed by atoms with Crippen LogP contribution in [0, 0.1) is 5.92 Å². The van der Waals surface area contributed by atoms with Crippen LogP contribution in [0.25, 0.3) is 0 Å². The minimum absolute atomic E-state index is 0.274. The second-order valence-corrected chi connectivity index (χ2v) is 6.57. The van der Waals surface area contributed by atoms with E-state index in [2.05, 4.69) is 31.1 Å². The van der Waals surface area contributed by atoms with Gasteiger partial charge in [-0.2, -0.15) is 0 Å². The number of pyridine rings is 1. The molecule has 0 spiro atoms. The van der Waals surface area contributed by atoms with E-state index in [0.29, 0.717) is 16.9 Å². The molecule has 0 saturated heterocycles. The number of rotatable bonds is 5. The third-order valence-corrected chi connectivity index (χ3v) is 4.09. The van der Waals surface area contributed by atoms with Crippen molar-refractivity contribution in [3.63, 3.8) is 0 Å². The zero-order chi connectivity index (χ0) is 14.5. The summed E-state index contributed by atoms with van der Waals surface area (Å²) in [6.07, 6.45) is 6.81. The minimum atomic E-state index is 0.274. The van der Waals surface area contributed by atoms with E-state index in [9.17, 15) is 0 Å². The molecule has 1 aromatic heterocycles. The van der Waals surface area contributed by atoms with Gasteiger partial charge in [0.15, 0.2) is 0 Å². The fourth-order valence-electron chi connectivity index (χ4n) is 2.48. The highest BCUT2D eigenvalue weighted by Gasteiger charge is 2.20. The maximum absolute atomic E-state index is 6.28. The number of halogens is 1. The topological polar surface area (TPSA) is 34.1 Å². The first-order chi connectivity index (χ1) is 9.54. The van der Waals surface area contributed by atoms with Gasteiger partial charge in [0.25, 0.3) is 0 Å². The second kappa shape index (κ2) is 7.28. The maximum Gasteiger partial charge on any atom is 0.232 e. The van der Waals surface area contributed by atoms with Crippen LogP contribution in [-0.4, -0.2) is 17.1 Å². The molecule has 20 heavy (non-hydrogen) atoms. The van der Waals surface area contributed by atoms with Gasteiger partial charge in [0, 0.05) is 18.8 Å². The van der Waals surface area contributed by atoms with Gasteiger partial charge in [-0.1, -0.05) is 32.4 Å². The molecular formula is C16H25ClN2O. The predicted octanol–water partition coefficient (Wildman–Crippen LogP) is 4.19. The van der Waals surface area contributed by atoms with Crippen molar-refractivity contribution in [3.05, 3.63) is 22.8 Å². The molecule has 1 saturated carbocycles. The van der Waals surface area contributed by atoms with Gasteiger partial charge >= 0.3 is 0 Å². The van der Waals surface area contributed by atoms with E-state index in [-0.39, 0.29) is 6.10 Å². The van der Waals surface area contributed by atoms with Crippen LogP contribution in [0.2, 0.25) is 5.02 Å². The predicted molar refractivity (Wildman–Crippen MR) is 83.3 cm³/mol. The van der Waals surface area contributed by atoms with Crippen molar-refractivity contribution >= 4 is 11.6 Å². The van der Waals surface area contributed by atoms with E-state index in [1.165, 1.54) is 12.8 Å². The van der Waals surface area contributed by atoms with Crippen molar-refractivity contribution in [2.45, 2.75) is 65.1 Å². The van der Waals surface area contributed by atoms with Crippen LogP contribution in [-0.2, 0) is 6.54 Å².